The van der Waals surface area contributed by atoms with E-state index in [2.05, 4.69) is 14.9 Å². The molecule has 0 unspecified atom stereocenters. The van der Waals surface area contributed by atoms with E-state index in [0.29, 0.717) is 17.3 Å². The average molecular weight is 406 g/mol. The number of hydrogen-bond donors (Lipinski definition) is 1. The molecule has 0 saturated carbocycles. The number of carbonyl (C=O) groups is 2. The molecule has 3 rings (SSSR count). The van der Waals surface area contributed by atoms with Crippen molar-refractivity contribution >= 4 is 39.4 Å². The normalized spacial score (nSPS) is 15.6. The lowest BCUT2D eigenvalue weighted by Crippen LogP contribution is -2.41. The summed E-state index contributed by atoms with van der Waals surface area (Å²) in [7, 11) is 1.78. The third-order valence-electron chi connectivity index (χ3n) is 4.69. The van der Waals surface area contributed by atoms with Crippen LogP contribution in [0.15, 0.2) is 12.4 Å². The summed E-state index contributed by atoms with van der Waals surface area (Å²) in [6.45, 7) is 7.95. The van der Waals surface area contributed by atoms with Crippen molar-refractivity contribution in [1.29, 1.82) is 0 Å². The lowest BCUT2D eigenvalue weighted by molar-refractivity contribution is 0.0266. The number of anilines is 1. The number of thiophene rings is 1. The Labute approximate surface area is 168 Å². The predicted octanol–water partition coefficient (Wildman–Crippen LogP) is 2.87. The molecule has 0 aromatic carbocycles. The van der Waals surface area contributed by atoms with Gasteiger partial charge in [-0.05, 0) is 45.6 Å². The van der Waals surface area contributed by atoms with Gasteiger partial charge < -0.3 is 20.3 Å². The fourth-order valence-corrected chi connectivity index (χ4v) is 4.30. The molecular weight excluding hydrogens is 378 g/mol. The van der Waals surface area contributed by atoms with Gasteiger partial charge in [0.15, 0.2) is 0 Å². The first-order valence-corrected chi connectivity index (χ1v) is 10.2. The fraction of sp³-hybridized carbons (Fsp3) is 0.579. The van der Waals surface area contributed by atoms with Gasteiger partial charge in [0.25, 0.3) is 5.91 Å². The van der Waals surface area contributed by atoms with Crippen molar-refractivity contribution in [3.05, 3.63) is 17.3 Å². The molecule has 3 heterocycles. The van der Waals surface area contributed by atoms with E-state index >= 15 is 0 Å². The van der Waals surface area contributed by atoms with Gasteiger partial charge in [0.05, 0.1) is 15.1 Å². The summed E-state index contributed by atoms with van der Waals surface area (Å²) in [5, 5.41) is 0. The summed E-state index contributed by atoms with van der Waals surface area (Å²) in [5.41, 5.74) is 5.66. The molecule has 2 aromatic heterocycles. The van der Waals surface area contributed by atoms with Crippen molar-refractivity contribution in [2.45, 2.75) is 39.2 Å². The predicted molar refractivity (Wildman–Crippen MR) is 110 cm³/mol. The van der Waals surface area contributed by atoms with Gasteiger partial charge >= 0.3 is 6.09 Å². The molecular formula is C19H27N5O3S. The quantitative estimate of drug-likeness (QED) is 0.839. The van der Waals surface area contributed by atoms with Crippen molar-refractivity contribution in [1.82, 2.24) is 14.9 Å². The molecule has 0 atom stereocenters. The zero-order valence-electron chi connectivity index (χ0n) is 16.8. The number of rotatable bonds is 4. The van der Waals surface area contributed by atoms with E-state index in [1.54, 1.807) is 18.0 Å². The smallest absolute Gasteiger partial charge is 0.410 e. The first-order valence-electron chi connectivity index (χ1n) is 9.37. The average Bonchev–Trinajstić information content (AvgIpc) is 3.05. The van der Waals surface area contributed by atoms with Crippen molar-refractivity contribution in [2.24, 2.45) is 11.7 Å². The SMILES string of the molecule is CN(CC1CCN(c2ncnc3cc(C(N)=O)sc23)CC1)C(=O)OC(C)(C)C. The van der Waals surface area contributed by atoms with Gasteiger partial charge in [-0.2, -0.15) is 0 Å². The Hall–Kier alpha value is -2.42. The molecule has 2 N–H and O–H groups in total. The highest BCUT2D eigenvalue weighted by Crippen LogP contribution is 2.33. The Morgan fingerprint density at radius 1 is 1.32 bits per heavy atom. The maximum absolute atomic E-state index is 12.2. The van der Waals surface area contributed by atoms with Gasteiger partial charge in [-0.25, -0.2) is 14.8 Å². The number of fused-ring (bicyclic) bond motifs is 1. The summed E-state index contributed by atoms with van der Waals surface area (Å²) in [5.74, 6) is 0.815. The van der Waals surface area contributed by atoms with Crippen LogP contribution in [0.4, 0.5) is 10.6 Å². The van der Waals surface area contributed by atoms with Crippen molar-refractivity contribution in [3.63, 3.8) is 0 Å². The van der Waals surface area contributed by atoms with Crippen LogP contribution in [0.2, 0.25) is 0 Å². The van der Waals surface area contributed by atoms with E-state index in [1.807, 2.05) is 20.8 Å². The van der Waals surface area contributed by atoms with Crippen LogP contribution in [0.1, 0.15) is 43.3 Å². The monoisotopic (exact) mass is 405 g/mol. The number of amides is 2. The number of primary amides is 1. The molecule has 1 saturated heterocycles. The van der Waals surface area contributed by atoms with Gasteiger partial charge in [0.1, 0.15) is 17.7 Å². The van der Waals surface area contributed by atoms with Crippen LogP contribution < -0.4 is 10.6 Å². The van der Waals surface area contributed by atoms with E-state index in [9.17, 15) is 9.59 Å². The third kappa shape index (κ3) is 4.70. The number of nitrogens with two attached hydrogens (primary N) is 1. The zero-order chi connectivity index (χ0) is 20.5. The largest absolute Gasteiger partial charge is 0.444 e. The van der Waals surface area contributed by atoms with E-state index < -0.39 is 11.5 Å². The Morgan fingerprint density at radius 3 is 2.61 bits per heavy atom. The first kappa shape index (κ1) is 20.3. The summed E-state index contributed by atoms with van der Waals surface area (Å²) in [6.07, 6.45) is 3.14. The molecule has 9 heteroatoms. The van der Waals surface area contributed by atoms with Gasteiger partial charge in [0.2, 0.25) is 0 Å². The Bertz CT molecular complexity index is 868. The van der Waals surface area contributed by atoms with Crippen molar-refractivity contribution in [3.8, 4) is 0 Å². The zero-order valence-corrected chi connectivity index (χ0v) is 17.6. The molecule has 28 heavy (non-hydrogen) atoms. The van der Waals surface area contributed by atoms with E-state index in [1.165, 1.54) is 17.7 Å². The maximum atomic E-state index is 12.2. The summed E-state index contributed by atoms with van der Waals surface area (Å²) < 4.78 is 6.31. The molecule has 0 spiro atoms. The highest BCUT2D eigenvalue weighted by Gasteiger charge is 2.26. The standard InChI is InChI=1S/C19H27N5O3S/c1-19(2,3)27-18(26)23(4)10-12-5-7-24(8-6-12)17-15-13(21-11-22-17)9-14(28-15)16(20)25/h9,11-12H,5-8,10H2,1-4H3,(H2,20,25). The molecule has 0 bridgehead atoms. The number of aromatic nitrogens is 2. The molecule has 152 valence electrons. The molecule has 1 aliphatic heterocycles. The molecule has 0 radical (unpaired) electrons. The number of carbonyl (C=O) groups excluding carboxylic acids is 2. The summed E-state index contributed by atoms with van der Waals surface area (Å²) in [4.78, 5) is 36.7. The minimum Gasteiger partial charge on any atom is -0.444 e. The van der Waals surface area contributed by atoms with Gasteiger partial charge in [-0.1, -0.05) is 0 Å². The van der Waals surface area contributed by atoms with E-state index in [4.69, 9.17) is 10.5 Å². The van der Waals surface area contributed by atoms with Crippen LogP contribution in [0.3, 0.4) is 0 Å². The lowest BCUT2D eigenvalue weighted by Gasteiger charge is -2.35. The highest BCUT2D eigenvalue weighted by molar-refractivity contribution is 7.21. The second-order valence-electron chi connectivity index (χ2n) is 8.18. The topological polar surface area (TPSA) is 102 Å². The maximum Gasteiger partial charge on any atom is 0.410 e. The molecule has 2 aromatic rings. The number of ether oxygens (including phenoxy) is 1. The molecule has 8 nitrogen and oxygen atoms in total. The Kier molecular flexibility index (Phi) is 5.74. The van der Waals surface area contributed by atoms with Crippen LogP contribution in [-0.4, -0.2) is 59.2 Å². The molecule has 1 fully saturated rings. The van der Waals surface area contributed by atoms with Crippen LogP contribution in [0.25, 0.3) is 10.2 Å². The Balaban J connectivity index is 1.62. The minimum atomic E-state index is -0.489. The second-order valence-corrected chi connectivity index (χ2v) is 9.23. The third-order valence-corrected chi connectivity index (χ3v) is 5.82. The minimum absolute atomic E-state index is 0.287. The van der Waals surface area contributed by atoms with Crippen LogP contribution >= 0.6 is 11.3 Å². The van der Waals surface area contributed by atoms with E-state index in [-0.39, 0.29) is 6.09 Å². The lowest BCUT2D eigenvalue weighted by atomic mass is 9.96. The van der Waals surface area contributed by atoms with Crippen LogP contribution in [0.5, 0.6) is 0 Å². The number of nitrogens with zero attached hydrogens (tertiary/aromatic N) is 4. The molecule has 0 aliphatic carbocycles. The van der Waals surface area contributed by atoms with Gasteiger partial charge in [-0.3, -0.25) is 4.79 Å². The van der Waals surface area contributed by atoms with Crippen LogP contribution in [0, 0.1) is 5.92 Å². The van der Waals surface area contributed by atoms with Crippen LogP contribution in [-0.2, 0) is 4.74 Å². The first-order chi connectivity index (χ1) is 13.1. The van der Waals surface area contributed by atoms with Gasteiger partial charge in [-0.15, -0.1) is 11.3 Å². The van der Waals surface area contributed by atoms with E-state index in [0.717, 1.165) is 42.0 Å². The fourth-order valence-electron chi connectivity index (χ4n) is 3.32. The van der Waals surface area contributed by atoms with Crippen molar-refractivity contribution in [2.75, 3.05) is 31.6 Å². The summed E-state index contributed by atoms with van der Waals surface area (Å²) in [6, 6.07) is 1.72. The Morgan fingerprint density at radius 2 is 2.00 bits per heavy atom. The molecule has 2 amide bonds. The summed E-state index contributed by atoms with van der Waals surface area (Å²) >= 11 is 1.34. The number of hydrogen-bond acceptors (Lipinski definition) is 7. The molecule has 1 aliphatic rings. The highest BCUT2D eigenvalue weighted by atomic mass is 32.1. The van der Waals surface area contributed by atoms with Gasteiger partial charge in [0, 0.05) is 26.7 Å². The number of piperidine rings is 1. The second kappa shape index (κ2) is 7.90. The van der Waals surface area contributed by atoms with Crippen molar-refractivity contribution < 1.29 is 14.3 Å².